The molecule has 0 aliphatic rings. The van der Waals surface area contributed by atoms with Crippen molar-refractivity contribution in [2.24, 2.45) is 0 Å². The largest absolute Gasteiger partial charge is 0.461 e. The maximum atomic E-state index is 12.4. The van der Waals surface area contributed by atoms with E-state index in [4.69, 9.17) is 14.0 Å². The van der Waals surface area contributed by atoms with Crippen LogP contribution in [0.5, 0.6) is 0 Å². The van der Waals surface area contributed by atoms with Gasteiger partial charge in [-0.3, -0.25) is 10.1 Å². The second-order valence-corrected chi connectivity index (χ2v) is 6.53. The Hall–Kier alpha value is -3.61. The number of aromatic nitrogens is 1. The standard InChI is InChI=1S/C22H22N2O5/c1-14-20(23-22(26)28-15(2)18-7-5-4-6-8-18)21(29-24-14)19-11-9-17(10-12-19)13-27-16(3)25/h4-12,15H,13H2,1-3H3,(H,23,26). The fourth-order valence-corrected chi connectivity index (χ4v) is 2.74. The van der Waals surface area contributed by atoms with Crippen LogP contribution in [0.15, 0.2) is 59.1 Å². The molecule has 1 heterocycles. The number of hydrogen-bond acceptors (Lipinski definition) is 6. The summed E-state index contributed by atoms with van der Waals surface area (Å²) >= 11 is 0. The summed E-state index contributed by atoms with van der Waals surface area (Å²) in [4.78, 5) is 23.3. The highest BCUT2D eigenvalue weighted by Crippen LogP contribution is 2.31. The molecular formula is C22H22N2O5. The van der Waals surface area contributed by atoms with Gasteiger partial charge in [-0.1, -0.05) is 59.8 Å². The smallest absolute Gasteiger partial charge is 0.412 e. The number of carbonyl (C=O) groups is 2. The molecule has 0 radical (unpaired) electrons. The van der Waals surface area contributed by atoms with Crippen molar-refractivity contribution in [1.29, 1.82) is 0 Å². The molecule has 0 aliphatic heterocycles. The minimum Gasteiger partial charge on any atom is -0.461 e. The normalized spacial score (nSPS) is 11.6. The van der Waals surface area contributed by atoms with E-state index in [1.54, 1.807) is 13.8 Å². The summed E-state index contributed by atoms with van der Waals surface area (Å²) in [6.45, 7) is 5.09. The summed E-state index contributed by atoms with van der Waals surface area (Å²) < 4.78 is 15.8. The van der Waals surface area contributed by atoms with E-state index >= 15 is 0 Å². The number of amides is 1. The molecule has 0 bridgehead atoms. The minimum absolute atomic E-state index is 0.194. The minimum atomic E-state index is -0.597. The lowest BCUT2D eigenvalue weighted by molar-refractivity contribution is -0.142. The van der Waals surface area contributed by atoms with Gasteiger partial charge in [0.2, 0.25) is 0 Å². The predicted octanol–water partition coefficient (Wildman–Crippen LogP) is 5.02. The van der Waals surface area contributed by atoms with E-state index in [-0.39, 0.29) is 12.6 Å². The van der Waals surface area contributed by atoms with Crippen LogP contribution < -0.4 is 5.32 Å². The number of esters is 1. The number of benzene rings is 2. The van der Waals surface area contributed by atoms with Gasteiger partial charge >= 0.3 is 12.1 Å². The van der Waals surface area contributed by atoms with Crippen LogP contribution in [0.25, 0.3) is 11.3 Å². The summed E-state index contributed by atoms with van der Waals surface area (Å²) in [5.41, 5.74) is 3.44. The SMILES string of the molecule is CC(=O)OCc1ccc(-c2onc(C)c2NC(=O)OC(C)c2ccccc2)cc1. The first-order chi connectivity index (χ1) is 13.9. The quantitative estimate of drug-likeness (QED) is 0.590. The Morgan fingerprint density at radius 3 is 2.45 bits per heavy atom. The molecule has 1 amide bonds. The Morgan fingerprint density at radius 1 is 1.10 bits per heavy atom. The topological polar surface area (TPSA) is 90.7 Å². The molecule has 7 nitrogen and oxygen atoms in total. The highest BCUT2D eigenvalue weighted by atomic mass is 16.6. The average Bonchev–Trinajstić information content (AvgIpc) is 3.07. The van der Waals surface area contributed by atoms with Crippen LogP contribution in [-0.2, 0) is 20.9 Å². The van der Waals surface area contributed by atoms with Gasteiger partial charge in [0.1, 0.15) is 24.1 Å². The second-order valence-electron chi connectivity index (χ2n) is 6.53. The van der Waals surface area contributed by atoms with E-state index in [0.717, 1.165) is 16.7 Å². The second kappa shape index (κ2) is 9.05. The van der Waals surface area contributed by atoms with Gasteiger partial charge in [0.25, 0.3) is 0 Å². The summed E-state index contributed by atoms with van der Waals surface area (Å²) in [6.07, 6.45) is -0.999. The Morgan fingerprint density at radius 2 is 1.79 bits per heavy atom. The van der Waals surface area contributed by atoms with E-state index in [2.05, 4.69) is 10.5 Å². The van der Waals surface area contributed by atoms with Gasteiger partial charge in [0.05, 0.1) is 0 Å². The maximum absolute atomic E-state index is 12.4. The molecule has 1 unspecified atom stereocenters. The number of hydrogen-bond donors (Lipinski definition) is 1. The lowest BCUT2D eigenvalue weighted by atomic mass is 10.1. The number of rotatable bonds is 6. The molecule has 0 saturated carbocycles. The van der Waals surface area contributed by atoms with E-state index in [9.17, 15) is 9.59 Å². The zero-order valence-corrected chi connectivity index (χ0v) is 16.5. The summed E-state index contributed by atoms with van der Waals surface area (Å²) in [6, 6.07) is 16.7. The van der Waals surface area contributed by atoms with E-state index in [0.29, 0.717) is 17.1 Å². The Kier molecular flexibility index (Phi) is 6.29. The molecule has 1 aromatic heterocycles. The highest BCUT2D eigenvalue weighted by molar-refractivity contribution is 5.90. The summed E-state index contributed by atoms with van der Waals surface area (Å²) in [5, 5.41) is 6.68. The first-order valence-corrected chi connectivity index (χ1v) is 9.15. The molecule has 1 N–H and O–H groups in total. The molecule has 0 spiro atoms. The third kappa shape index (κ3) is 5.22. The Bertz CT molecular complexity index is 980. The zero-order valence-electron chi connectivity index (χ0n) is 16.5. The third-order valence-corrected chi connectivity index (χ3v) is 4.30. The van der Waals surface area contributed by atoms with Crippen molar-refractivity contribution < 1.29 is 23.6 Å². The number of aryl methyl sites for hydroxylation is 1. The van der Waals surface area contributed by atoms with Gasteiger partial charge in [-0.05, 0) is 25.0 Å². The monoisotopic (exact) mass is 394 g/mol. The molecule has 2 aromatic carbocycles. The van der Waals surface area contributed by atoms with Crippen molar-refractivity contribution in [2.75, 3.05) is 5.32 Å². The molecule has 150 valence electrons. The molecule has 3 aromatic rings. The van der Waals surface area contributed by atoms with E-state index in [1.165, 1.54) is 6.92 Å². The Labute approximate surface area is 168 Å². The number of ether oxygens (including phenoxy) is 2. The van der Waals surface area contributed by atoms with Gasteiger partial charge in [-0.2, -0.15) is 0 Å². The van der Waals surface area contributed by atoms with E-state index in [1.807, 2.05) is 54.6 Å². The first-order valence-electron chi connectivity index (χ1n) is 9.15. The van der Waals surface area contributed by atoms with Crippen LogP contribution in [0.3, 0.4) is 0 Å². The van der Waals surface area contributed by atoms with Gasteiger partial charge in [-0.15, -0.1) is 0 Å². The van der Waals surface area contributed by atoms with Crippen LogP contribution in [0.1, 0.15) is 36.8 Å². The maximum Gasteiger partial charge on any atom is 0.412 e. The van der Waals surface area contributed by atoms with Crippen LogP contribution >= 0.6 is 0 Å². The van der Waals surface area contributed by atoms with Crippen LogP contribution in [0, 0.1) is 6.92 Å². The van der Waals surface area contributed by atoms with Crippen LogP contribution in [0.4, 0.5) is 10.5 Å². The molecule has 29 heavy (non-hydrogen) atoms. The summed E-state index contributed by atoms with van der Waals surface area (Å²) in [7, 11) is 0. The first kappa shape index (κ1) is 20.1. The van der Waals surface area contributed by atoms with Gasteiger partial charge in [0.15, 0.2) is 5.76 Å². The van der Waals surface area contributed by atoms with Gasteiger partial charge in [0, 0.05) is 12.5 Å². The number of nitrogens with one attached hydrogen (secondary N) is 1. The molecule has 0 saturated heterocycles. The van der Waals surface area contributed by atoms with Gasteiger partial charge in [-0.25, -0.2) is 4.79 Å². The molecule has 1 atom stereocenters. The summed E-state index contributed by atoms with van der Waals surface area (Å²) in [5.74, 6) is 0.0838. The van der Waals surface area contributed by atoms with Crippen molar-refractivity contribution >= 4 is 17.7 Å². The zero-order chi connectivity index (χ0) is 20.8. The molecule has 3 rings (SSSR count). The van der Waals surface area contributed by atoms with E-state index < -0.39 is 12.2 Å². The van der Waals surface area contributed by atoms with Crippen molar-refractivity contribution in [3.8, 4) is 11.3 Å². The molecular weight excluding hydrogens is 372 g/mol. The van der Waals surface area contributed by atoms with Crippen molar-refractivity contribution in [3.05, 3.63) is 71.4 Å². The fourth-order valence-electron chi connectivity index (χ4n) is 2.74. The fraction of sp³-hybridized carbons (Fsp3) is 0.227. The van der Waals surface area contributed by atoms with Crippen LogP contribution in [-0.4, -0.2) is 17.2 Å². The van der Waals surface area contributed by atoms with Crippen molar-refractivity contribution in [1.82, 2.24) is 5.16 Å². The van der Waals surface area contributed by atoms with Crippen molar-refractivity contribution in [3.63, 3.8) is 0 Å². The predicted molar refractivity (Wildman–Crippen MR) is 107 cm³/mol. The van der Waals surface area contributed by atoms with Crippen LogP contribution in [0.2, 0.25) is 0 Å². The Balaban J connectivity index is 1.70. The highest BCUT2D eigenvalue weighted by Gasteiger charge is 2.19. The number of anilines is 1. The molecule has 7 heteroatoms. The number of carbonyl (C=O) groups excluding carboxylic acids is 2. The molecule has 0 fully saturated rings. The lowest BCUT2D eigenvalue weighted by Gasteiger charge is -2.14. The molecule has 0 aliphatic carbocycles. The number of nitrogens with zero attached hydrogens (tertiary/aromatic N) is 1. The van der Waals surface area contributed by atoms with Gasteiger partial charge < -0.3 is 14.0 Å². The average molecular weight is 394 g/mol. The lowest BCUT2D eigenvalue weighted by Crippen LogP contribution is -2.16. The third-order valence-electron chi connectivity index (χ3n) is 4.30. The van der Waals surface area contributed by atoms with Crippen molar-refractivity contribution in [2.45, 2.75) is 33.5 Å².